The van der Waals surface area contributed by atoms with E-state index in [4.69, 9.17) is 9.47 Å². The summed E-state index contributed by atoms with van der Waals surface area (Å²) in [5.41, 5.74) is -0.392. The van der Waals surface area contributed by atoms with E-state index in [0.29, 0.717) is 23.8 Å². The first-order chi connectivity index (χ1) is 13.3. The monoisotopic (exact) mass is 412 g/mol. The van der Waals surface area contributed by atoms with Gasteiger partial charge in [-0.3, -0.25) is 0 Å². The molecule has 1 fully saturated rings. The topological polar surface area (TPSA) is 50.8 Å². The second kappa shape index (κ2) is 8.22. The molecule has 2 aromatic rings. The molecule has 1 heterocycles. The molecule has 1 aliphatic rings. The highest BCUT2D eigenvalue weighted by molar-refractivity contribution is 7.99. The second-order valence-electron chi connectivity index (χ2n) is 6.00. The maximum atomic E-state index is 13.2. The number of hydrogen-bond acceptors (Lipinski definition) is 4. The summed E-state index contributed by atoms with van der Waals surface area (Å²) in [6.07, 6.45) is -4.55. The maximum Gasteiger partial charge on any atom is 0.418 e. The van der Waals surface area contributed by atoms with Crippen LogP contribution in [0.4, 0.5) is 23.7 Å². The van der Waals surface area contributed by atoms with Crippen molar-refractivity contribution >= 4 is 23.5 Å². The molecule has 5 nitrogen and oxygen atoms in total. The normalized spacial score (nSPS) is 16.8. The Balaban J connectivity index is 1.85. The van der Waals surface area contributed by atoms with Gasteiger partial charge in [0.15, 0.2) is 0 Å². The van der Waals surface area contributed by atoms with Gasteiger partial charge in [-0.15, -0.1) is 11.8 Å². The summed E-state index contributed by atoms with van der Waals surface area (Å²) >= 11 is 1.52. The third-order valence-corrected chi connectivity index (χ3v) is 5.58. The summed E-state index contributed by atoms with van der Waals surface area (Å²) < 4.78 is 50.2. The Labute approximate surface area is 164 Å². The highest BCUT2D eigenvalue weighted by atomic mass is 32.2. The summed E-state index contributed by atoms with van der Waals surface area (Å²) in [6.45, 7) is 0.407. The minimum Gasteiger partial charge on any atom is -0.497 e. The molecule has 2 amide bonds. The Hall–Kier alpha value is -2.55. The van der Waals surface area contributed by atoms with Gasteiger partial charge in [0.2, 0.25) is 0 Å². The number of anilines is 1. The number of thioether (sulfide) groups is 1. The van der Waals surface area contributed by atoms with Gasteiger partial charge in [-0.1, -0.05) is 12.1 Å². The lowest BCUT2D eigenvalue weighted by Gasteiger charge is -2.26. The van der Waals surface area contributed by atoms with Gasteiger partial charge in [-0.2, -0.15) is 13.2 Å². The van der Waals surface area contributed by atoms with Crippen LogP contribution in [0, 0.1) is 0 Å². The van der Waals surface area contributed by atoms with E-state index in [1.54, 1.807) is 18.2 Å². The van der Waals surface area contributed by atoms with Gasteiger partial charge >= 0.3 is 12.2 Å². The highest BCUT2D eigenvalue weighted by Gasteiger charge is 2.36. The molecule has 28 heavy (non-hydrogen) atoms. The van der Waals surface area contributed by atoms with Gasteiger partial charge in [0, 0.05) is 23.9 Å². The molecule has 1 saturated heterocycles. The van der Waals surface area contributed by atoms with E-state index < -0.39 is 17.8 Å². The number of ether oxygens (including phenoxy) is 2. The molecule has 0 saturated carbocycles. The average Bonchev–Trinajstić information content (AvgIpc) is 3.16. The standard InChI is InChI=1S/C19H19F3N2O3S/c1-26-12-7-8-13(16(11-12)27-2)17-24(9-10-28-17)18(25)23-15-6-4-3-5-14(15)19(20,21)22/h3-8,11,17H,9-10H2,1-2H3,(H,23,25)/t17-/m1/s1. The smallest absolute Gasteiger partial charge is 0.418 e. The Bertz CT molecular complexity index is 861. The predicted molar refractivity (Wildman–Crippen MR) is 102 cm³/mol. The van der Waals surface area contributed by atoms with Crippen LogP contribution >= 0.6 is 11.8 Å². The van der Waals surface area contributed by atoms with E-state index >= 15 is 0 Å². The lowest BCUT2D eigenvalue weighted by molar-refractivity contribution is -0.136. The fourth-order valence-electron chi connectivity index (χ4n) is 2.98. The van der Waals surface area contributed by atoms with Crippen molar-refractivity contribution in [1.82, 2.24) is 4.90 Å². The number of hydrogen-bond donors (Lipinski definition) is 1. The summed E-state index contributed by atoms with van der Waals surface area (Å²) in [7, 11) is 3.05. The fourth-order valence-corrected chi connectivity index (χ4v) is 4.27. The van der Waals surface area contributed by atoms with Crippen LogP contribution < -0.4 is 14.8 Å². The van der Waals surface area contributed by atoms with E-state index in [1.165, 1.54) is 49.1 Å². The van der Waals surface area contributed by atoms with Crippen LogP contribution in [0.25, 0.3) is 0 Å². The van der Waals surface area contributed by atoms with Gasteiger partial charge in [0.1, 0.15) is 16.9 Å². The lowest BCUT2D eigenvalue weighted by atomic mass is 10.1. The molecule has 0 spiro atoms. The number of rotatable bonds is 4. The molecule has 9 heteroatoms. The number of para-hydroxylation sites is 1. The van der Waals surface area contributed by atoms with Crippen LogP contribution in [0.15, 0.2) is 42.5 Å². The molecule has 0 radical (unpaired) electrons. The number of nitrogens with one attached hydrogen (secondary N) is 1. The molecular formula is C19H19F3N2O3S. The predicted octanol–water partition coefficient (Wildman–Crippen LogP) is 5.00. The number of benzene rings is 2. The van der Waals surface area contributed by atoms with Crippen LogP contribution in [-0.2, 0) is 6.18 Å². The Morgan fingerprint density at radius 2 is 1.93 bits per heavy atom. The lowest BCUT2D eigenvalue weighted by Crippen LogP contribution is -2.35. The van der Waals surface area contributed by atoms with Crippen LogP contribution in [-0.4, -0.2) is 37.4 Å². The summed E-state index contributed by atoms with van der Waals surface area (Å²) in [5.74, 6) is 1.82. The van der Waals surface area contributed by atoms with E-state index in [9.17, 15) is 18.0 Å². The van der Waals surface area contributed by atoms with Gasteiger partial charge in [-0.25, -0.2) is 4.79 Å². The van der Waals surface area contributed by atoms with Crippen molar-refractivity contribution in [3.63, 3.8) is 0 Å². The van der Waals surface area contributed by atoms with Crippen molar-refractivity contribution in [2.24, 2.45) is 0 Å². The van der Waals surface area contributed by atoms with Gasteiger partial charge in [0.05, 0.1) is 25.5 Å². The van der Waals surface area contributed by atoms with Gasteiger partial charge < -0.3 is 19.7 Å². The molecule has 1 aliphatic heterocycles. The number of halogens is 3. The maximum absolute atomic E-state index is 13.2. The summed E-state index contributed by atoms with van der Waals surface area (Å²) in [4.78, 5) is 14.3. The highest BCUT2D eigenvalue weighted by Crippen LogP contribution is 2.43. The third-order valence-electron chi connectivity index (χ3n) is 4.33. The molecule has 1 atom stereocenters. The largest absolute Gasteiger partial charge is 0.497 e. The molecule has 0 aliphatic carbocycles. The van der Waals surface area contributed by atoms with Crippen LogP contribution in [0.5, 0.6) is 11.5 Å². The molecule has 0 bridgehead atoms. The molecule has 2 aromatic carbocycles. The molecule has 0 aromatic heterocycles. The molecule has 3 rings (SSSR count). The zero-order valence-corrected chi connectivity index (χ0v) is 16.1. The van der Waals surface area contributed by atoms with Crippen molar-refractivity contribution in [1.29, 1.82) is 0 Å². The number of alkyl halides is 3. The average molecular weight is 412 g/mol. The van der Waals surface area contributed by atoms with E-state index in [-0.39, 0.29) is 11.1 Å². The quantitative estimate of drug-likeness (QED) is 0.768. The van der Waals surface area contributed by atoms with Crippen LogP contribution in [0.1, 0.15) is 16.5 Å². The first-order valence-corrected chi connectivity index (χ1v) is 9.47. The second-order valence-corrected chi connectivity index (χ2v) is 7.19. The third kappa shape index (κ3) is 4.14. The van der Waals surface area contributed by atoms with Crippen molar-refractivity contribution in [2.45, 2.75) is 11.6 Å². The zero-order chi connectivity index (χ0) is 20.3. The molecule has 1 N–H and O–H groups in total. The first kappa shape index (κ1) is 20.2. The number of carbonyl (C=O) groups is 1. The zero-order valence-electron chi connectivity index (χ0n) is 15.2. The number of amides is 2. The SMILES string of the molecule is COc1ccc([C@H]2SCCN2C(=O)Nc2ccccc2C(F)(F)F)c(OC)c1. The Morgan fingerprint density at radius 1 is 1.18 bits per heavy atom. The minimum atomic E-state index is -4.55. The number of nitrogens with zero attached hydrogens (tertiary/aromatic N) is 1. The van der Waals surface area contributed by atoms with E-state index in [2.05, 4.69) is 5.32 Å². The van der Waals surface area contributed by atoms with Gasteiger partial charge in [0.25, 0.3) is 0 Å². The fraction of sp³-hybridized carbons (Fsp3) is 0.316. The van der Waals surface area contributed by atoms with E-state index in [1.807, 2.05) is 0 Å². The molecular weight excluding hydrogens is 393 g/mol. The number of methoxy groups -OCH3 is 2. The minimum absolute atomic E-state index is 0.266. The van der Waals surface area contributed by atoms with Crippen molar-refractivity contribution < 1.29 is 27.4 Å². The van der Waals surface area contributed by atoms with Crippen molar-refractivity contribution in [2.75, 3.05) is 31.8 Å². The van der Waals surface area contributed by atoms with E-state index in [0.717, 1.165) is 11.6 Å². The molecule has 0 unspecified atom stereocenters. The first-order valence-electron chi connectivity index (χ1n) is 8.42. The number of carbonyl (C=O) groups excluding carboxylic acids is 1. The van der Waals surface area contributed by atoms with Crippen LogP contribution in [0.2, 0.25) is 0 Å². The van der Waals surface area contributed by atoms with Crippen molar-refractivity contribution in [3.8, 4) is 11.5 Å². The Kier molecular flexibility index (Phi) is 5.93. The summed E-state index contributed by atoms with van der Waals surface area (Å²) in [5, 5.41) is 2.03. The summed E-state index contributed by atoms with van der Waals surface area (Å²) in [6, 6.07) is 9.60. The van der Waals surface area contributed by atoms with Crippen molar-refractivity contribution in [3.05, 3.63) is 53.6 Å². The van der Waals surface area contributed by atoms with Crippen LogP contribution in [0.3, 0.4) is 0 Å². The molecule has 150 valence electrons. The number of urea groups is 1. The van der Waals surface area contributed by atoms with Gasteiger partial charge in [-0.05, 0) is 24.3 Å². The Morgan fingerprint density at radius 3 is 2.61 bits per heavy atom.